The predicted octanol–water partition coefficient (Wildman–Crippen LogP) is 3.37. The third kappa shape index (κ3) is 3.22. The lowest BCUT2D eigenvalue weighted by Crippen LogP contribution is -2.25. The van der Waals surface area contributed by atoms with Crippen LogP contribution in [-0.2, 0) is 4.79 Å². The number of carboxylic acids is 1. The molecular weight excluding hydrogens is 388 g/mol. The lowest BCUT2D eigenvalue weighted by molar-refractivity contribution is -0.116. The molecule has 30 heavy (non-hydrogen) atoms. The van der Waals surface area contributed by atoms with E-state index in [4.69, 9.17) is 9.47 Å². The fourth-order valence-electron chi connectivity index (χ4n) is 3.79. The Balaban J connectivity index is 1.92. The number of aromatic carboxylic acids is 1. The van der Waals surface area contributed by atoms with Gasteiger partial charge in [0.15, 0.2) is 11.5 Å². The molecule has 3 N–H and O–H groups in total. The standard InChI is InChI=1S/C22H20N2O6/c1-29-14-6-4-13(5-7-14)24-11-16(22(27)28)20-21(24)15(10-19(26)23-20)12-3-8-18(30-2)17(25)9-12/h3-9,11,15,25H,10H2,1-2H3,(H,23,26)(H,27,28)/t15-/m1/s1. The molecule has 0 unspecified atom stereocenters. The molecule has 4 rings (SSSR count). The monoisotopic (exact) mass is 408 g/mol. The molecule has 8 nitrogen and oxygen atoms in total. The van der Waals surface area contributed by atoms with Gasteiger partial charge in [-0.2, -0.15) is 0 Å². The van der Waals surface area contributed by atoms with E-state index in [9.17, 15) is 19.8 Å². The number of rotatable bonds is 5. The number of ether oxygens (including phenoxy) is 2. The highest BCUT2D eigenvalue weighted by molar-refractivity contribution is 6.04. The van der Waals surface area contributed by atoms with Crippen LogP contribution < -0.4 is 14.8 Å². The molecule has 1 aromatic heterocycles. The van der Waals surface area contributed by atoms with Crippen molar-refractivity contribution >= 4 is 17.6 Å². The van der Waals surface area contributed by atoms with Crippen LogP contribution in [0.15, 0.2) is 48.7 Å². The van der Waals surface area contributed by atoms with Crippen LogP contribution in [0.25, 0.3) is 5.69 Å². The summed E-state index contributed by atoms with van der Waals surface area (Å²) in [4.78, 5) is 24.3. The van der Waals surface area contributed by atoms with Gasteiger partial charge in [-0.3, -0.25) is 4.79 Å². The van der Waals surface area contributed by atoms with Gasteiger partial charge >= 0.3 is 5.97 Å². The molecular formula is C22H20N2O6. The van der Waals surface area contributed by atoms with Gasteiger partial charge in [0.05, 0.1) is 25.6 Å². The number of methoxy groups -OCH3 is 2. The van der Waals surface area contributed by atoms with Crippen molar-refractivity contribution in [3.05, 3.63) is 65.5 Å². The van der Waals surface area contributed by atoms with E-state index in [0.717, 1.165) is 5.69 Å². The SMILES string of the molecule is COc1ccc(-n2cc(C(=O)O)c3c2[C@@H](c2ccc(OC)c(O)c2)CC(=O)N3)cc1. The van der Waals surface area contributed by atoms with Crippen molar-refractivity contribution < 1.29 is 29.3 Å². The Morgan fingerprint density at radius 2 is 1.87 bits per heavy atom. The largest absolute Gasteiger partial charge is 0.504 e. The number of aromatic hydroxyl groups is 1. The van der Waals surface area contributed by atoms with Crippen LogP contribution in [0.3, 0.4) is 0 Å². The van der Waals surface area contributed by atoms with Crippen LogP contribution >= 0.6 is 0 Å². The topological polar surface area (TPSA) is 110 Å². The summed E-state index contributed by atoms with van der Waals surface area (Å²) in [7, 11) is 3.02. The number of nitrogens with zero attached hydrogens (tertiary/aromatic N) is 1. The van der Waals surface area contributed by atoms with Crippen LogP contribution in [0.5, 0.6) is 17.2 Å². The minimum absolute atomic E-state index is 0.00315. The molecule has 0 spiro atoms. The number of hydrogen-bond acceptors (Lipinski definition) is 5. The smallest absolute Gasteiger partial charge is 0.339 e. The molecule has 1 atom stereocenters. The fourth-order valence-corrected chi connectivity index (χ4v) is 3.79. The number of benzene rings is 2. The van der Waals surface area contributed by atoms with E-state index in [1.807, 2.05) is 12.1 Å². The Hall–Kier alpha value is -3.94. The van der Waals surface area contributed by atoms with Crippen molar-refractivity contribution in [1.29, 1.82) is 0 Å². The minimum Gasteiger partial charge on any atom is -0.504 e. The van der Waals surface area contributed by atoms with Crippen LogP contribution in [0.1, 0.15) is 34.0 Å². The van der Waals surface area contributed by atoms with E-state index in [-0.39, 0.29) is 29.3 Å². The Kier molecular flexibility index (Phi) is 4.83. The van der Waals surface area contributed by atoms with Gasteiger partial charge < -0.3 is 29.6 Å². The first-order valence-corrected chi connectivity index (χ1v) is 9.22. The first-order valence-electron chi connectivity index (χ1n) is 9.22. The van der Waals surface area contributed by atoms with Gasteiger partial charge in [0, 0.05) is 24.2 Å². The molecule has 0 fully saturated rings. The number of carbonyl (C=O) groups excluding carboxylic acids is 1. The second-order valence-corrected chi connectivity index (χ2v) is 6.91. The number of amides is 1. The first kappa shape index (κ1) is 19.4. The Morgan fingerprint density at radius 3 is 2.47 bits per heavy atom. The molecule has 0 radical (unpaired) electrons. The lowest BCUT2D eigenvalue weighted by atomic mass is 9.88. The molecule has 2 aromatic carbocycles. The number of fused-ring (bicyclic) bond motifs is 1. The van der Waals surface area contributed by atoms with Gasteiger partial charge in [-0.05, 0) is 42.0 Å². The van der Waals surface area contributed by atoms with Crippen molar-refractivity contribution in [3.63, 3.8) is 0 Å². The number of carbonyl (C=O) groups is 2. The highest BCUT2D eigenvalue weighted by Crippen LogP contribution is 2.43. The van der Waals surface area contributed by atoms with Crippen molar-refractivity contribution in [3.8, 4) is 22.9 Å². The minimum atomic E-state index is -1.14. The number of carboxylic acid groups (broad SMARTS) is 1. The van der Waals surface area contributed by atoms with E-state index >= 15 is 0 Å². The summed E-state index contributed by atoms with van der Waals surface area (Å²) in [5.41, 5.74) is 2.28. The molecule has 2 heterocycles. The number of aromatic nitrogens is 1. The summed E-state index contributed by atoms with van der Waals surface area (Å²) in [5, 5.41) is 22.6. The van der Waals surface area contributed by atoms with Gasteiger partial charge in [0.25, 0.3) is 0 Å². The van der Waals surface area contributed by atoms with Crippen molar-refractivity contribution in [1.82, 2.24) is 4.57 Å². The van der Waals surface area contributed by atoms with Gasteiger partial charge in [0.2, 0.25) is 5.91 Å². The first-order chi connectivity index (χ1) is 14.4. The molecule has 0 aliphatic carbocycles. The highest BCUT2D eigenvalue weighted by atomic mass is 16.5. The highest BCUT2D eigenvalue weighted by Gasteiger charge is 2.34. The second-order valence-electron chi connectivity index (χ2n) is 6.91. The molecule has 0 saturated carbocycles. The van der Waals surface area contributed by atoms with Crippen molar-refractivity contribution in [2.75, 3.05) is 19.5 Å². The molecule has 0 bridgehead atoms. The number of phenols is 1. The molecule has 3 aromatic rings. The third-order valence-electron chi connectivity index (χ3n) is 5.21. The summed E-state index contributed by atoms with van der Waals surface area (Å²) < 4.78 is 12.1. The molecule has 0 saturated heterocycles. The van der Waals surface area contributed by atoms with Crippen molar-refractivity contribution in [2.45, 2.75) is 12.3 Å². The number of phenolic OH excluding ortho intramolecular Hbond substituents is 1. The summed E-state index contributed by atoms with van der Waals surface area (Å²) in [6.07, 6.45) is 1.61. The lowest BCUT2D eigenvalue weighted by Gasteiger charge is -2.26. The zero-order valence-electron chi connectivity index (χ0n) is 16.4. The average Bonchev–Trinajstić information content (AvgIpc) is 3.12. The number of hydrogen-bond donors (Lipinski definition) is 3. The number of nitrogens with one attached hydrogen (secondary N) is 1. The van der Waals surface area contributed by atoms with E-state index < -0.39 is 11.9 Å². The maximum atomic E-state index is 12.4. The van der Waals surface area contributed by atoms with Gasteiger partial charge in [-0.15, -0.1) is 0 Å². The Bertz CT molecular complexity index is 1130. The number of anilines is 1. The Morgan fingerprint density at radius 1 is 1.13 bits per heavy atom. The van der Waals surface area contributed by atoms with Crippen LogP contribution in [0, 0.1) is 0 Å². The maximum Gasteiger partial charge on any atom is 0.339 e. The molecule has 1 amide bonds. The van der Waals surface area contributed by atoms with Gasteiger partial charge in [-0.25, -0.2) is 4.79 Å². The van der Waals surface area contributed by atoms with Crippen LogP contribution in [0.4, 0.5) is 5.69 Å². The van der Waals surface area contributed by atoms with Crippen LogP contribution in [0.2, 0.25) is 0 Å². The van der Waals surface area contributed by atoms with E-state index in [1.54, 1.807) is 35.9 Å². The van der Waals surface area contributed by atoms with E-state index in [0.29, 0.717) is 22.8 Å². The summed E-state index contributed by atoms with van der Waals surface area (Å²) >= 11 is 0. The zero-order valence-corrected chi connectivity index (χ0v) is 16.4. The second kappa shape index (κ2) is 7.47. The quantitative estimate of drug-likeness (QED) is 0.597. The normalized spacial score (nSPS) is 15.3. The van der Waals surface area contributed by atoms with E-state index in [2.05, 4.69) is 5.32 Å². The fraction of sp³-hybridized carbons (Fsp3) is 0.182. The molecule has 1 aliphatic heterocycles. The maximum absolute atomic E-state index is 12.4. The average molecular weight is 408 g/mol. The van der Waals surface area contributed by atoms with Gasteiger partial charge in [0.1, 0.15) is 11.3 Å². The Labute approximate surface area is 172 Å². The molecule has 8 heteroatoms. The third-order valence-corrected chi connectivity index (χ3v) is 5.21. The predicted molar refractivity (Wildman–Crippen MR) is 109 cm³/mol. The summed E-state index contributed by atoms with van der Waals surface area (Å²) in [5.74, 6) is -0.960. The summed E-state index contributed by atoms with van der Waals surface area (Å²) in [6.45, 7) is 0. The van der Waals surface area contributed by atoms with Crippen molar-refractivity contribution in [2.24, 2.45) is 0 Å². The van der Waals surface area contributed by atoms with E-state index in [1.165, 1.54) is 19.4 Å². The zero-order chi connectivity index (χ0) is 21.4. The summed E-state index contributed by atoms with van der Waals surface area (Å²) in [6, 6.07) is 12.1. The van der Waals surface area contributed by atoms with Gasteiger partial charge in [-0.1, -0.05) is 6.07 Å². The molecule has 1 aliphatic rings. The molecule has 154 valence electrons. The van der Waals surface area contributed by atoms with Crippen LogP contribution in [-0.4, -0.2) is 40.9 Å².